The summed E-state index contributed by atoms with van der Waals surface area (Å²) >= 11 is 1.07. The van der Waals surface area contributed by atoms with Gasteiger partial charge in [0.1, 0.15) is 5.01 Å². The Morgan fingerprint density at radius 2 is 1.78 bits per heavy atom. The zero-order valence-electron chi connectivity index (χ0n) is 19.3. The summed E-state index contributed by atoms with van der Waals surface area (Å²) in [5, 5.41) is 5.75. The number of sulfonamides is 1. The lowest BCUT2D eigenvalue weighted by atomic mass is 9.95. The SMILES string of the molecule is CS(=O)(=O)C(C(=O)NCCS(N)(=O)=O)c1nc2ccc(-c3ccc(C(=O)CC4COC4)cc3)cc2s1. The quantitative estimate of drug-likeness (QED) is 0.360. The van der Waals surface area contributed by atoms with E-state index >= 15 is 0 Å². The maximum Gasteiger partial charge on any atom is 0.245 e. The summed E-state index contributed by atoms with van der Waals surface area (Å²) in [5.41, 5.74) is 2.88. The molecule has 1 aliphatic heterocycles. The Bertz CT molecular complexity index is 1510. The molecule has 1 unspecified atom stereocenters. The average Bonchev–Trinajstić information content (AvgIpc) is 3.16. The van der Waals surface area contributed by atoms with Gasteiger partial charge in [-0.1, -0.05) is 30.3 Å². The number of hydrogen-bond donors (Lipinski definition) is 2. The van der Waals surface area contributed by atoms with Gasteiger partial charge in [0, 0.05) is 30.7 Å². The van der Waals surface area contributed by atoms with Crippen molar-refractivity contribution in [2.24, 2.45) is 11.1 Å². The minimum atomic E-state index is -3.90. The van der Waals surface area contributed by atoms with Crippen LogP contribution in [-0.4, -0.2) is 65.3 Å². The number of amides is 1. The molecule has 1 fully saturated rings. The predicted octanol–water partition coefficient (Wildman–Crippen LogP) is 1.67. The third-order valence-electron chi connectivity index (χ3n) is 5.70. The van der Waals surface area contributed by atoms with E-state index in [0.717, 1.165) is 28.7 Å². The van der Waals surface area contributed by atoms with Gasteiger partial charge in [-0.2, -0.15) is 0 Å². The van der Waals surface area contributed by atoms with Gasteiger partial charge in [0.05, 0.1) is 29.2 Å². The Balaban J connectivity index is 1.55. The van der Waals surface area contributed by atoms with Crippen LogP contribution >= 0.6 is 11.3 Å². The molecule has 0 aliphatic carbocycles. The molecule has 3 N–H and O–H groups in total. The highest BCUT2D eigenvalue weighted by molar-refractivity contribution is 7.91. The third-order valence-corrected chi connectivity index (χ3v) is 9.00. The predicted molar refractivity (Wildman–Crippen MR) is 137 cm³/mol. The monoisotopic (exact) mass is 551 g/mol. The van der Waals surface area contributed by atoms with E-state index in [1.165, 1.54) is 0 Å². The number of Topliss-reactive ketones (excluding diaryl/α,β-unsaturated/α-hetero) is 1. The van der Waals surface area contributed by atoms with Gasteiger partial charge in [0.25, 0.3) is 0 Å². The fraction of sp³-hybridized carbons (Fsp3) is 0.348. The molecule has 3 aromatic rings. The average molecular weight is 552 g/mol. The van der Waals surface area contributed by atoms with E-state index < -0.39 is 36.8 Å². The van der Waals surface area contributed by atoms with Crippen LogP contribution in [0.1, 0.15) is 27.0 Å². The second kappa shape index (κ2) is 10.3. The van der Waals surface area contributed by atoms with Crippen molar-refractivity contribution in [3.8, 4) is 11.1 Å². The molecule has 36 heavy (non-hydrogen) atoms. The maximum atomic E-state index is 12.6. The van der Waals surface area contributed by atoms with Gasteiger partial charge in [-0.05, 0) is 23.3 Å². The molecule has 1 amide bonds. The summed E-state index contributed by atoms with van der Waals surface area (Å²) in [5.74, 6) is -1.02. The lowest BCUT2D eigenvalue weighted by Gasteiger charge is -2.25. The number of rotatable bonds is 10. The summed E-state index contributed by atoms with van der Waals surface area (Å²) in [6, 6.07) is 12.7. The smallest absolute Gasteiger partial charge is 0.245 e. The highest BCUT2D eigenvalue weighted by Gasteiger charge is 2.34. The molecule has 0 saturated carbocycles. The van der Waals surface area contributed by atoms with Gasteiger partial charge in [-0.25, -0.2) is 27.0 Å². The van der Waals surface area contributed by atoms with Crippen LogP contribution in [0.2, 0.25) is 0 Å². The van der Waals surface area contributed by atoms with Crippen LogP contribution in [0.5, 0.6) is 0 Å². The van der Waals surface area contributed by atoms with Crippen molar-refractivity contribution in [2.75, 3.05) is 31.8 Å². The summed E-state index contributed by atoms with van der Waals surface area (Å²) < 4.78 is 52.8. The van der Waals surface area contributed by atoms with Crippen molar-refractivity contribution in [1.82, 2.24) is 10.3 Å². The fourth-order valence-corrected chi connectivity index (χ4v) is 6.70. The number of carbonyl (C=O) groups is 2. The van der Waals surface area contributed by atoms with Crippen LogP contribution in [0.3, 0.4) is 0 Å². The Hall–Kier alpha value is -2.71. The fourth-order valence-electron chi connectivity index (χ4n) is 3.76. The number of thiazole rings is 1. The molecule has 192 valence electrons. The molecule has 1 aromatic heterocycles. The number of carbonyl (C=O) groups excluding carboxylic acids is 2. The molecule has 13 heteroatoms. The molecule has 1 saturated heterocycles. The molecule has 0 spiro atoms. The molecule has 0 radical (unpaired) electrons. The van der Waals surface area contributed by atoms with Gasteiger partial charge in [-0.15, -0.1) is 11.3 Å². The van der Waals surface area contributed by atoms with E-state index in [1.54, 1.807) is 18.2 Å². The van der Waals surface area contributed by atoms with E-state index in [0.29, 0.717) is 35.4 Å². The van der Waals surface area contributed by atoms with Crippen molar-refractivity contribution in [2.45, 2.75) is 11.7 Å². The van der Waals surface area contributed by atoms with Crippen LogP contribution < -0.4 is 10.5 Å². The van der Waals surface area contributed by atoms with Crippen molar-refractivity contribution < 1.29 is 31.2 Å². The number of hydrogen-bond acceptors (Lipinski definition) is 9. The number of aromatic nitrogens is 1. The van der Waals surface area contributed by atoms with Gasteiger partial charge in [0.15, 0.2) is 20.9 Å². The number of fused-ring (bicyclic) bond motifs is 1. The molecule has 0 bridgehead atoms. The van der Waals surface area contributed by atoms with Gasteiger partial charge >= 0.3 is 0 Å². The van der Waals surface area contributed by atoms with Crippen molar-refractivity contribution in [3.05, 3.63) is 53.0 Å². The summed E-state index contributed by atoms with van der Waals surface area (Å²) in [7, 11) is -7.71. The van der Waals surface area contributed by atoms with E-state index in [4.69, 9.17) is 9.88 Å². The van der Waals surface area contributed by atoms with Crippen LogP contribution in [0.25, 0.3) is 21.3 Å². The largest absolute Gasteiger partial charge is 0.381 e. The first-order valence-electron chi connectivity index (χ1n) is 11.0. The lowest BCUT2D eigenvalue weighted by Crippen LogP contribution is -2.37. The zero-order chi connectivity index (χ0) is 26.1. The number of sulfone groups is 1. The summed E-state index contributed by atoms with van der Waals surface area (Å²) in [6.07, 6.45) is 1.39. The molecule has 4 rings (SSSR count). The molecule has 1 aliphatic rings. The third kappa shape index (κ3) is 6.34. The number of ether oxygens (including phenoxy) is 1. The molecule has 2 aromatic carbocycles. The normalized spacial score (nSPS) is 15.4. The van der Waals surface area contributed by atoms with Crippen molar-refractivity contribution >= 4 is 53.1 Å². The van der Waals surface area contributed by atoms with E-state index in [9.17, 15) is 26.4 Å². The van der Waals surface area contributed by atoms with E-state index in [1.807, 2.05) is 24.3 Å². The molecular weight excluding hydrogens is 526 g/mol. The first-order chi connectivity index (χ1) is 16.9. The van der Waals surface area contributed by atoms with Gasteiger partial charge < -0.3 is 10.1 Å². The molecule has 10 nitrogen and oxygen atoms in total. The second-order valence-corrected chi connectivity index (χ2v) is 13.6. The van der Waals surface area contributed by atoms with Crippen LogP contribution in [0, 0.1) is 5.92 Å². The first kappa shape index (κ1) is 26.4. The van der Waals surface area contributed by atoms with Crippen molar-refractivity contribution in [1.29, 1.82) is 0 Å². The number of primary sulfonamides is 1. The summed E-state index contributed by atoms with van der Waals surface area (Å²) in [6.45, 7) is 0.932. The van der Waals surface area contributed by atoms with E-state index in [-0.39, 0.29) is 23.3 Å². The van der Waals surface area contributed by atoms with Crippen LogP contribution in [0.15, 0.2) is 42.5 Å². The first-order valence-corrected chi connectivity index (χ1v) is 15.5. The molecule has 2 heterocycles. The Kier molecular flexibility index (Phi) is 7.57. The Labute approximate surface area is 212 Å². The second-order valence-electron chi connectivity index (χ2n) is 8.71. The standard InChI is InChI=1S/C23H25N3O7S3/c1-35(29,30)21(22(28)25-8-9-36(24,31)32)23-26-18-7-6-17(11-20(18)34-23)15-2-4-16(5-3-15)19(27)10-14-12-33-13-14/h2-7,11,14,21H,8-10,12-13H2,1H3,(H,25,28)(H2,24,31,32). The van der Waals surface area contributed by atoms with Crippen LogP contribution in [-0.2, 0) is 29.4 Å². The number of ketones is 1. The summed E-state index contributed by atoms with van der Waals surface area (Å²) in [4.78, 5) is 29.4. The topological polar surface area (TPSA) is 163 Å². The minimum Gasteiger partial charge on any atom is -0.381 e. The highest BCUT2D eigenvalue weighted by Crippen LogP contribution is 2.33. The maximum absolute atomic E-state index is 12.6. The highest BCUT2D eigenvalue weighted by atomic mass is 32.2. The lowest BCUT2D eigenvalue weighted by molar-refractivity contribution is -0.120. The molecular formula is C23H25N3O7S3. The Morgan fingerprint density at radius 3 is 2.36 bits per heavy atom. The van der Waals surface area contributed by atoms with E-state index in [2.05, 4.69) is 10.3 Å². The molecule has 1 atom stereocenters. The van der Waals surface area contributed by atoms with Crippen molar-refractivity contribution in [3.63, 3.8) is 0 Å². The van der Waals surface area contributed by atoms with Gasteiger partial charge in [0.2, 0.25) is 15.9 Å². The minimum absolute atomic E-state index is 0.0755. The zero-order valence-corrected chi connectivity index (χ0v) is 21.8. The Morgan fingerprint density at radius 1 is 1.11 bits per heavy atom. The number of nitrogens with one attached hydrogen (secondary N) is 1. The number of nitrogens with two attached hydrogens (primary N) is 1. The number of benzene rings is 2. The van der Waals surface area contributed by atoms with Crippen LogP contribution in [0.4, 0.5) is 0 Å². The number of nitrogens with zero attached hydrogens (tertiary/aromatic N) is 1. The van der Waals surface area contributed by atoms with Gasteiger partial charge in [-0.3, -0.25) is 9.59 Å².